The predicted molar refractivity (Wildman–Crippen MR) is 48.1 cm³/mol. The maximum absolute atomic E-state index is 13.0. The van der Waals surface area contributed by atoms with E-state index >= 15 is 0 Å². The number of nitro benzene ring substituents is 1. The van der Waals surface area contributed by atoms with Crippen LogP contribution in [0.2, 0.25) is 15.1 Å². The van der Waals surface area contributed by atoms with Gasteiger partial charge in [0.1, 0.15) is 5.02 Å². The Bertz CT molecular complexity index is 383. The molecule has 0 atom stereocenters. The molecule has 0 aliphatic rings. The smallest absolute Gasteiger partial charge is 0.258 e. The SMILES string of the molecule is O=[N+]([O-])c1cc(Cl)c(Cl)c(Cl)c1F. The normalized spacial score (nSPS) is 10.2. The van der Waals surface area contributed by atoms with Crippen LogP contribution in [0.5, 0.6) is 0 Å². The molecule has 0 spiro atoms. The fraction of sp³-hybridized carbons (Fsp3) is 0. The van der Waals surface area contributed by atoms with Crippen molar-refractivity contribution in [3.05, 3.63) is 37.1 Å². The van der Waals surface area contributed by atoms with Crippen LogP contribution < -0.4 is 0 Å². The maximum Gasteiger partial charge on any atom is 0.307 e. The van der Waals surface area contributed by atoms with Crippen molar-refractivity contribution in [1.82, 2.24) is 0 Å². The minimum atomic E-state index is -1.18. The Morgan fingerprint density at radius 2 is 1.85 bits per heavy atom. The van der Waals surface area contributed by atoms with Crippen molar-refractivity contribution < 1.29 is 9.31 Å². The Labute approximate surface area is 87.2 Å². The van der Waals surface area contributed by atoms with Gasteiger partial charge in [-0.25, -0.2) is 0 Å². The van der Waals surface area contributed by atoms with Gasteiger partial charge in [-0.15, -0.1) is 0 Å². The Morgan fingerprint density at radius 3 is 2.31 bits per heavy atom. The summed E-state index contributed by atoms with van der Waals surface area (Å²) in [5, 5.41) is 9.32. The molecule has 7 heteroatoms. The molecule has 0 aromatic heterocycles. The van der Waals surface area contributed by atoms with Gasteiger partial charge in [-0.2, -0.15) is 4.39 Å². The molecule has 13 heavy (non-hydrogen) atoms. The van der Waals surface area contributed by atoms with Crippen molar-refractivity contribution in [3.63, 3.8) is 0 Å². The molecular formula is C6HCl3FNO2. The highest BCUT2D eigenvalue weighted by atomic mass is 35.5. The zero-order valence-corrected chi connectivity index (χ0v) is 8.12. The van der Waals surface area contributed by atoms with E-state index in [4.69, 9.17) is 34.8 Å². The van der Waals surface area contributed by atoms with Gasteiger partial charge < -0.3 is 0 Å². The highest BCUT2D eigenvalue weighted by Gasteiger charge is 2.22. The second-order valence-corrected chi connectivity index (χ2v) is 3.24. The number of hydrogen-bond acceptors (Lipinski definition) is 2. The Morgan fingerprint density at radius 1 is 1.31 bits per heavy atom. The molecule has 70 valence electrons. The monoisotopic (exact) mass is 243 g/mol. The number of rotatable bonds is 1. The third-order valence-corrected chi connectivity index (χ3v) is 2.52. The van der Waals surface area contributed by atoms with Crippen LogP contribution in [-0.2, 0) is 0 Å². The van der Waals surface area contributed by atoms with E-state index in [2.05, 4.69) is 0 Å². The summed E-state index contributed by atoms with van der Waals surface area (Å²) in [7, 11) is 0. The van der Waals surface area contributed by atoms with Gasteiger partial charge in [-0.05, 0) is 0 Å². The van der Waals surface area contributed by atoms with Crippen molar-refractivity contribution in [1.29, 1.82) is 0 Å². The van der Waals surface area contributed by atoms with Crippen molar-refractivity contribution in [2.24, 2.45) is 0 Å². The van der Waals surface area contributed by atoms with E-state index < -0.39 is 21.5 Å². The quantitative estimate of drug-likeness (QED) is 0.327. The lowest BCUT2D eigenvalue weighted by Gasteiger charge is -2.00. The fourth-order valence-corrected chi connectivity index (χ4v) is 1.28. The van der Waals surface area contributed by atoms with E-state index in [0.29, 0.717) is 0 Å². The van der Waals surface area contributed by atoms with Crippen molar-refractivity contribution in [2.45, 2.75) is 0 Å². The summed E-state index contributed by atoms with van der Waals surface area (Å²) in [5.41, 5.74) is -0.792. The summed E-state index contributed by atoms with van der Waals surface area (Å²) in [6.07, 6.45) is 0. The Kier molecular flexibility index (Phi) is 2.95. The van der Waals surface area contributed by atoms with E-state index in [-0.39, 0.29) is 10.0 Å². The molecule has 1 rings (SSSR count). The van der Waals surface area contributed by atoms with E-state index in [9.17, 15) is 14.5 Å². The van der Waals surface area contributed by atoms with Crippen LogP contribution in [0, 0.1) is 15.9 Å². The van der Waals surface area contributed by atoms with Gasteiger partial charge in [0.15, 0.2) is 0 Å². The lowest BCUT2D eigenvalue weighted by atomic mass is 10.3. The average molecular weight is 244 g/mol. The highest BCUT2D eigenvalue weighted by molar-refractivity contribution is 6.48. The van der Waals surface area contributed by atoms with Crippen LogP contribution in [0.25, 0.3) is 0 Å². The first-order valence-electron chi connectivity index (χ1n) is 2.92. The van der Waals surface area contributed by atoms with Gasteiger partial charge in [-0.1, -0.05) is 34.8 Å². The third-order valence-electron chi connectivity index (χ3n) is 1.28. The molecule has 0 fully saturated rings. The molecule has 0 amide bonds. The highest BCUT2D eigenvalue weighted by Crippen LogP contribution is 2.37. The van der Waals surface area contributed by atoms with E-state index in [1.165, 1.54) is 0 Å². The lowest BCUT2D eigenvalue weighted by molar-refractivity contribution is -0.387. The fourth-order valence-electron chi connectivity index (χ4n) is 0.693. The van der Waals surface area contributed by atoms with Crippen LogP contribution >= 0.6 is 34.8 Å². The molecule has 1 aromatic rings. The number of halogens is 4. The molecule has 0 saturated carbocycles. The maximum atomic E-state index is 13.0. The Hall–Kier alpha value is -0.580. The zero-order chi connectivity index (χ0) is 10.2. The molecule has 0 aliphatic heterocycles. The van der Waals surface area contributed by atoms with E-state index in [0.717, 1.165) is 6.07 Å². The molecule has 3 nitrogen and oxygen atoms in total. The van der Waals surface area contributed by atoms with Crippen LogP contribution in [0.3, 0.4) is 0 Å². The van der Waals surface area contributed by atoms with Crippen LogP contribution in [0.4, 0.5) is 10.1 Å². The third kappa shape index (κ3) is 1.85. The predicted octanol–water partition coefficient (Wildman–Crippen LogP) is 3.69. The van der Waals surface area contributed by atoms with Crippen molar-refractivity contribution in [3.8, 4) is 0 Å². The van der Waals surface area contributed by atoms with Gasteiger partial charge in [0.2, 0.25) is 5.82 Å². The number of nitrogens with zero attached hydrogens (tertiary/aromatic N) is 1. The number of nitro groups is 1. The van der Waals surface area contributed by atoms with Gasteiger partial charge in [-0.3, -0.25) is 10.1 Å². The summed E-state index contributed by atoms with van der Waals surface area (Å²) < 4.78 is 13.0. The molecule has 0 bridgehead atoms. The molecule has 0 aliphatic carbocycles. The summed E-state index contributed by atoms with van der Waals surface area (Å²) in [5.74, 6) is -1.18. The van der Waals surface area contributed by atoms with Gasteiger partial charge in [0, 0.05) is 6.07 Å². The van der Waals surface area contributed by atoms with Crippen LogP contribution in [-0.4, -0.2) is 4.92 Å². The summed E-state index contributed by atoms with van der Waals surface area (Å²) in [6, 6.07) is 0.811. The standard InChI is InChI=1S/C6HCl3FNO2/c7-2-1-3(11(12)13)6(10)5(9)4(2)8/h1H. The first-order valence-corrected chi connectivity index (χ1v) is 4.06. The molecule has 1 aromatic carbocycles. The summed E-state index contributed by atoms with van der Waals surface area (Å²) in [6.45, 7) is 0. The molecular weight excluding hydrogens is 243 g/mol. The summed E-state index contributed by atoms with van der Waals surface area (Å²) in [4.78, 5) is 9.32. The van der Waals surface area contributed by atoms with Crippen LogP contribution in [0.15, 0.2) is 6.07 Å². The van der Waals surface area contributed by atoms with Gasteiger partial charge >= 0.3 is 5.69 Å². The summed E-state index contributed by atoms with van der Waals surface area (Å²) >= 11 is 16.2. The molecule has 0 heterocycles. The molecule has 0 N–H and O–H groups in total. The van der Waals surface area contributed by atoms with Gasteiger partial charge in [0.05, 0.1) is 15.0 Å². The topological polar surface area (TPSA) is 43.1 Å². The second kappa shape index (κ2) is 3.65. The molecule has 0 unspecified atom stereocenters. The molecule has 0 saturated heterocycles. The lowest BCUT2D eigenvalue weighted by Crippen LogP contribution is -1.93. The largest absolute Gasteiger partial charge is 0.307 e. The average Bonchev–Trinajstić information content (AvgIpc) is 2.07. The molecule has 0 radical (unpaired) electrons. The number of hydrogen-bond donors (Lipinski definition) is 0. The Balaban J connectivity index is 3.50. The van der Waals surface area contributed by atoms with E-state index in [1.54, 1.807) is 0 Å². The van der Waals surface area contributed by atoms with Crippen molar-refractivity contribution in [2.75, 3.05) is 0 Å². The van der Waals surface area contributed by atoms with E-state index in [1.807, 2.05) is 0 Å². The number of benzene rings is 1. The minimum Gasteiger partial charge on any atom is -0.258 e. The van der Waals surface area contributed by atoms with Crippen LogP contribution in [0.1, 0.15) is 0 Å². The first kappa shape index (κ1) is 10.5. The first-order chi connectivity index (χ1) is 5.95. The van der Waals surface area contributed by atoms with Gasteiger partial charge in [0.25, 0.3) is 0 Å². The minimum absolute atomic E-state index is 0.153. The van der Waals surface area contributed by atoms with Crippen molar-refractivity contribution >= 4 is 40.5 Å². The second-order valence-electron chi connectivity index (χ2n) is 2.08. The zero-order valence-electron chi connectivity index (χ0n) is 5.85.